The lowest BCUT2D eigenvalue weighted by molar-refractivity contribution is 0.449. The van der Waals surface area contributed by atoms with Crippen molar-refractivity contribution in [1.29, 1.82) is 0 Å². The molecular weight excluding hydrogens is 317 g/mol. The van der Waals surface area contributed by atoms with E-state index in [0.717, 1.165) is 37.1 Å². The number of anilines is 3. The topological polar surface area (TPSA) is 49.8 Å². The molecule has 24 heavy (non-hydrogen) atoms. The summed E-state index contributed by atoms with van der Waals surface area (Å²) in [5, 5.41) is 5.91. The maximum Gasteiger partial charge on any atom is 0.225 e. The molecule has 7 heteroatoms. The zero-order chi connectivity index (χ0) is 17.3. The first-order valence-electron chi connectivity index (χ1n) is 8.04. The summed E-state index contributed by atoms with van der Waals surface area (Å²) in [6.45, 7) is 4.05. The smallest absolute Gasteiger partial charge is 0.225 e. The monoisotopic (exact) mass is 336 g/mol. The molecule has 1 fully saturated rings. The highest BCUT2D eigenvalue weighted by Crippen LogP contribution is 2.40. The number of aromatic nitrogens is 2. The lowest BCUT2D eigenvalue weighted by Crippen LogP contribution is -2.16. The zero-order valence-corrected chi connectivity index (χ0v) is 13.5. The fourth-order valence-electron chi connectivity index (χ4n) is 2.27. The number of hydrogen-bond donors (Lipinski definition) is 2. The summed E-state index contributed by atoms with van der Waals surface area (Å²) in [5.74, 6) is -2.83. The van der Waals surface area contributed by atoms with E-state index < -0.39 is 17.5 Å². The van der Waals surface area contributed by atoms with E-state index in [9.17, 15) is 13.2 Å². The normalized spacial score (nSPS) is 15.2. The highest BCUT2D eigenvalue weighted by atomic mass is 19.2. The number of hydrogen-bond acceptors (Lipinski definition) is 4. The average Bonchev–Trinajstić information content (AvgIpc) is 3.40. The van der Waals surface area contributed by atoms with Gasteiger partial charge in [-0.1, -0.05) is 6.92 Å². The molecule has 3 rings (SSSR count). The molecule has 0 spiro atoms. The van der Waals surface area contributed by atoms with E-state index in [0.29, 0.717) is 17.7 Å². The van der Waals surface area contributed by atoms with E-state index in [-0.39, 0.29) is 11.7 Å². The van der Waals surface area contributed by atoms with Crippen molar-refractivity contribution in [2.75, 3.05) is 10.6 Å². The average molecular weight is 336 g/mol. The van der Waals surface area contributed by atoms with Gasteiger partial charge in [0, 0.05) is 18.0 Å². The third-order valence-electron chi connectivity index (χ3n) is 4.03. The highest BCUT2D eigenvalue weighted by molar-refractivity contribution is 5.59. The third-order valence-corrected chi connectivity index (χ3v) is 4.03. The Morgan fingerprint density at radius 2 is 1.92 bits per heavy atom. The fourth-order valence-corrected chi connectivity index (χ4v) is 2.27. The molecule has 0 bridgehead atoms. The largest absolute Gasteiger partial charge is 0.352 e. The molecule has 1 aliphatic carbocycles. The summed E-state index contributed by atoms with van der Waals surface area (Å²) in [6.07, 6.45) is 3.01. The van der Waals surface area contributed by atoms with Crippen molar-refractivity contribution in [3.8, 4) is 0 Å². The molecule has 0 saturated heterocycles. The van der Waals surface area contributed by atoms with Gasteiger partial charge in [0.15, 0.2) is 17.5 Å². The van der Waals surface area contributed by atoms with Crippen LogP contribution in [0.15, 0.2) is 18.2 Å². The van der Waals surface area contributed by atoms with Crippen LogP contribution in [0.4, 0.5) is 30.6 Å². The van der Waals surface area contributed by atoms with Crippen LogP contribution in [0.1, 0.15) is 44.7 Å². The Morgan fingerprint density at radius 3 is 2.58 bits per heavy atom. The second-order valence-corrected chi connectivity index (χ2v) is 6.08. The van der Waals surface area contributed by atoms with E-state index in [1.807, 2.05) is 13.8 Å². The van der Waals surface area contributed by atoms with Gasteiger partial charge in [-0.05, 0) is 38.3 Å². The van der Waals surface area contributed by atoms with Crippen molar-refractivity contribution in [2.24, 2.45) is 0 Å². The first-order valence-corrected chi connectivity index (χ1v) is 8.04. The van der Waals surface area contributed by atoms with Gasteiger partial charge >= 0.3 is 0 Å². The van der Waals surface area contributed by atoms with Gasteiger partial charge in [0.2, 0.25) is 5.95 Å². The van der Waals surface area contributed by atoms with Crippen molar-refractivity contribution in [2.45, 2.75) is 45.1 Å². The molecule has 1 aromatic heterocycles. The van der Waals surface area contributed by atoms with Crippen LogP contribution in [0.25, 0.3) is 0 Å². The summed E-state index contributed by atoms with van der Waals surface area (Å²) in [4.78, 5) is 8.79. The predicted molar refractivity (Wildman–Crippen MR) is 87.0 cm³/mol. The van der Waals surface area contributed by atoms with Gasteiger partial charge in [0.25, 0.3) is 0 Å². The number of rotatable bonds is 6. The van der Waals surface area contributed by atoms with Crippen LogP contribution in [-0.4, -0.2) is 16.0 Å². The number of halogens is 3. The summed E-state index contributed by atoms with van der Waals surface area (Å²) >= 11 is 0. The molecule has 2 N–H and O–H groups in total. The lowest BCUT2D eigenvalue weighted by Gasteiger charge is -2.14. The molecular formula is C17H19F3N4. The van der Waals surface area contributed by atoms with E-state index in [1.165, 1.54) is 0 Å². The lowest BCUT2D eigenvalue weighted by atomic mass is 10.2. The molecule has 2 aromatic rings. The van der Waals surface area contributed by atoms with Crippen LogP contribution < -0.4 is 10.6 Å². The Labute approximate surface area is 138 Å². The number of benzene rings is 1. The van der Waals surface area contributed by atoms with Crippen LogP contribution in [0.2, 0.25) is 0 Å². The molecule has 1 saturated carbocycles. The SMILES string of the molecule is CC[C@H](C)Nc1nc(Nc2ccc(F)c(F)c2F)cc(C2CC2)n1. The van der Waals surface area contributed by atoms with E-state index in [1.54, 1.807) is 6.07 Å². The van der Waals surface area contributed by atoms with Crippen molar-refractivity contribution < 1.29 is 13.2 Å². The van der Waals surface area contributed by atoms with Crippen molar-refractivity contribution in [1.82, 2.24) is 9.97 Å². The molecule has 1 atom stereocenters. The minimum Gasteiger partial charge on any atom is -0.352 e. The van der Waals surface area contributed by atoms with Crippen LogP contribution >= 0.6 is 0 Å². The van der Waals surface area contributed by atoms with Crippen molar-refractivity contribution in [3.63, 3.8) is 0 Å². The van der Waals surface area contributed by atoms with Crippen LogP contribution in [0.5, 0.6) is 0 Å². The minimum atomic E-state index is -1.51. The number of nitrogens with zero attached hydrogens (tertiary/aromatic N) is 2. The Morgan fingerprint density at radius 1 is 1.17 bits per heavy atom. The first kappa shape index (κ1) is 16.5. The molecule has 0 radical (unpaired) electrons. The Kier molecular flexibility index (Phi) is 4.59. The van der Waals surface area contributed by atoms with Crippen LogP contribution in [0.3, 0.4) is 0 Å². The Balaban J connectivity index is 1.90. The second-order valence-electron chi connectivity index (χ2n) is 6.08. The molecule has 4 nitrogen and oxygen atoms in total. The van der Waals surface area contributed by atoms with Gasteiger partial charge < -0.3 is 10.6 Å². The van der Waals surface area contributed by atoms with Gasteiger partial charge in [-0.25, -0.2) is 18.2 Å². The molecule has 1 aromatic carbocycles. The zero-order valence-electron chi connectivity index (χ0n) is 13.5. The fraction of sp³-hybridized carbons (Fsp3) is 0.412. The quantitative estimate of drug-likeness (QED) is 0.749. The summed E-state index contributed by atoms with van der Waals surface area (Å²) in [5.41, 5.74) is 0.699. The summed E-state index contributed by atoms with van der Waals surface area (Å²) in [7, 11) is 0. The Hall–Kier alpha value is -2.31. The predicted octanol–water partition coefficient (Wildman–Crippen LogP) is 4.73. The van der Waals surface area contributed by atoms with Gasteiger partial charge in [-0.15, -0.1) is 0 Å². The molecule has 1 aliphatic rings. The third kappa shape index (κ3) is 3.60. The van der Waals surface area contributed by atoms with Gasteiger partial charge in [0.1, 0.15) is 5.82 Å². The highest BCUT2D eigenvalue weighted by Gasteiger charge is 2.26. The van der Waals surface area contributed by atoms with Crippen LogP contribution in [0, 0.1) is 17.5 Å². The minimum absolute atomic E-state index is 0.163. The van der Waals surface area contributed by atoms with Gasteiger partial charge in [0.05, 0.1) is 11.4 Å². The first-order chi connectivity index (χ1) is 11.5. The molecule has 128 valence electrons. The van der Waals surface area contributed by atoms with Crippen molar-refractivity contribution in [3.05, 3.63) is 41.3 Å². The standard InChI is InChI=1S/C17H19F3N4/c1-3-9(2)21-17-23-13(10-4-5-10)8-14(24-17)22-12-7-6-11(18)15(19)16(12)20/h6-10H,3-5H2,1-2H3,(H2,21,22,23,24)/t9-/m0/s1. The maximum absolute atomic E-state index is 13.8. The second kappa shape index (κ2) is 6.67. The molecule has 1 heterocycles. The van der Waals surface area contributed by atoms with E-state index in [2.05, 4.69) is 20.6 Å². The van der Waals surface area contributed by atoms with Crippen molar-refractivity contribution >= 4 is 17.5 Å². The molecule has 0 unspecified atom stereocenters. The van der Waals surface area contributed by atoms with Gasteiger partial charge in [-0.2, -0.15) is 4.98 Å². The van der Waals surface area contributed by atoms with E-state index in [4.69, 9.17) is 0 Å². The van der Waals surface area contributed by atoms with E-state index >= 15 is 0 Å². The summed E-state index contributed by atoms with van der Waals surface area (Å²) in [6, 6.07) is 3.93. The Bertz CT molecular complexity index is 747. The number of nitrogens with one attached hydrogen (secondary N) is 2. The van der Waals surface area contributed by atoms with Gasteiger partial charge in [-0.3, -0.25) is 0 Å². The van der Waals surface area contributed by atoms with Crippen LogP contribution in [-0.2, 0) is 0 Å². The summed E-state index contributed by atoms with van der Waals surface area (Å²) < 4.78 is 40.3. The molecule has 0 aliphatic heterocycles. The molecule has 0 amide bonds. The maximum atomic E-state index is 13.8.